The van der Waals surface area contributed by atoms with Gasteiger partial charge in [-0.25, -0.2) is 0 Å². The van der Waals surface area contributed by atoms with Crippen molar-refractivity contribution in [3.63, 3.8) is 0 Å². The lowest BCUT2D eigenvalue weighted by atomic mass is 9.99. The van der Waals surface area contributed by atoms with Crippen LogP contribution in [-0.2, 0) is 9.59 Å². The topological polar surface area (TPSA) is 69.6 Å². The Morgan fingerprint density at radius 3 is 2.67 bits per heavy atom. The Labute approximate surface area is 128 Å². The Morgan fingerprint density at radius 1 is 1.33 bits per heavy atom. The van der Waals surface area contributed by atoms with Crippen molar-refractivity contribution in [1.29, 1.82) is 0 Å². The summed E-state index contributed by atoms with van der Waals surface area (Å²) in [6.45, 7) is 6.99. The molecule has 1 fully saturated rings. The molecule has 1 aliphatic heterocycles. The summed E-state index contributed by atoms with van der Waals surface area (Å²) in [5, 5.41) is 12.3. The van der Waals surface area contributed by atoms with Gasteiger partial charge in [0.1, 0.15) is 6.04 Å². The highest BCUT2D eigenvalue weighted by molar-refractivity contribution is 5.87. The number of nitrogens with zero attached hydrogens (tertiary/aromatic N) is 1. The summed E-state index contributed by atoms with van der Waals surface area (Å²) in [5.74, 6) is 0.281. The van der Waals surface area contributed by atoms with E-state index in [1.54, 1.807) is 11.8 Å². The van der Waals surface area contributed by atoms with Crippen LogP contribution in [-0.4, -0.2) is 47.1 Å². The lowest BCUT2D eigenvalue weighted by molar-refractivity contribution is -0.142. The molecule has 0 aliphatic carbocycles. The Bertz CT molecular complexity index is 344. The molecule has 2 amide bonds. The van der Waals surface area contributed by atoms with E-state index in [1.165, 1.54) is 0 Å². The molecule has 3 unspecified atom stereocenters. The molecular formula is C16H30N2O3. The molecule has 1 heterocycles. The van der Waals surface area contributed by atoms with E-state index >= 15 is 0 Å². The number of amides is 2. The number of aliphatic hydroxyl groups is 1. The second-order valence-electron chi connectivity index (χ2n) is 6.28. The molecule has 0 aromatic heterocycles. The zero-order valence-corrected chi connectivity index (χ0v) is 13.6. The molecule has 1 aliphatic rings. The zero-order valence-electron chi connectivity index (χ0n) is 13.6. The number of hydrogen-bond donors (Lipinski definition) is 2. The predicted octanol–water partition coefficient (Wildman–Crippen LogP) is 1.69. The van der Waals surface area contributed by atoms with Crippen molar-refractivity contribution in [2.75, 3.05) is 13.1 Å². The van der Waals surface area contributed by atoms with Crippen LogP contribution in [0.1, 0.15) is 59.3 Å². The minimum absolute atomic E-state index is 0.0448. The summed E-state index contributed by atoms with van der Waals surface area (Å²) in [6.07, 6.45) is 4.39. The molecule has 0 saturated carbocycles. The predicted molar refractivity (Wildman–Crippen MR) is 82.7 cm³/mol. The number of nitrogens with one attached hydrogen (secondary N) is 1. The smallest absolute Gasteiger partial charge is 0.242 e. The first kappa shape index (κ1) is 18.0. The number of likely N-dealkylation sites (tertiary alicyclic amines) is 1. The standard InChI is InChI=1S/C16H30N2O3/c1-4-7-15(20)18-9-6-5-8-14(18)16(21)17-11-12(2)10-13(3)19/h12-14,19H,4-11H2,1-3H3,(H,17,21). The Balaban J connectivity index is 2.51. The van der Waals surface area contributed by atoms with Crippen LogP contribution in [0.4, 0.5) is 0 Å². The third kappa shape index (κ3) is 6.04. The third-order valence-corrected chi connectivity index (χ3v) is 3.96. The van der Waals surface area contributed by atoms with Crippen molar-refractivity contribution in [2.24, 2.45) is 5.92 Å². The molecule has 122 valence electrons. The maximum atomic E-state index is 12.3. The summed E-state index contributed by atoms with van der Waals surface area (Å²) in [4.78, 5) is 26.2. The van der Waals surface area contributed by atoms with E-state index in [1.807, 2.05) is 13.8 Å². The summed E-state index contributed by atoms with van der Waals surface area (Å²) in [5.41, 5.74) is 0. The van der Waals surface area contributed by atoms with Crippen molar-refractivity contribution >= 4 is 11.8 Å². The van der Waals surface area contributed by atoms with Gasteiger partial charge in [-0.05, 0) is 44.9 Å². The van der Waals surface area contributed by atoms with Crippen LogP contribution in [0.25, 0.3) is 0 Å². The number of carbonyl (C=O) groups is 2. The fourth-order valence-corrected chi connectivity index (χ4v) is 2.92. The number of rotatable bonds is 7. The molecule has 0 spiro atoms. The van der Waals surface area contributed by atoms with Crippen LogP contribution in [0.2, 0.25) is 0 Å². The lowest BCUT2D eigenvalue weighted by Gasteiger charge is -2.35. The highest BCUT2D eigenvalue weighted by Gasteiger charge is 2.31. The second-order valence-corrected chi connectivity index (χ2v) is 6.28. The summed E-state index contributed by atoms with van der Waals surface area (Å²) in [6, 6.07) is -0.309. The first-order valence-corrected chi connectivity index (χ1v) is 8.21. The van der Waals surface area contributed by atoms with E-state index in [-0.39, 0.29) is 29.9 Å². The van der Waals surface area contributed by atoms with Crippen LogP contribution in [0.15, 0.2) is 0 Å². The molecule has 0 aromatic rings. The minimum atomic E-state index is -0.353. The van der Waals surface area contributed by atoms with Crippen LogP contribution in [0.5, 0.6) is 0 Å². The minimum Gasteiger partial charge on any atom is -0.393 e. The average molecular weight is 298 g/mol. The van der Waals surface area contributed by atoms with E-state index < -0.39 is 0 Å². The van der Waals surface area contributed by atoms with Gasteiger partial charge in [0.15, 0.2) is 0 Å². The van der Waals surface area contributed by atoms with Gasteiger partial charge in [-0.1, -0.05) is 13.8 Å². The van der Waals surface area contributed by atoms with Crippen molar-refractivity contribution in [1.82, 2.24) is 10.2 Å². The van der Waals surface area contributed by atoms with Crippen LogP contribution < -0.4 is 5.32 Å². The molecule has 5 heteroatoms. The maximum Gasteiger partial charge on any atom is 0.242 e. The van der Waals surface area contributed by atoms with Gasteiger partial charge in [-0.3, -0.25) is 9.59 Å². The summed E-state index contributed by atoms with van der Waals surface area (Å²) >= 11 is 0. The van der Waals surface area contributed by atoms with Gasteiger partial charge >= 0.3 is 0 Å². The fourth-order valence-electron chi connectivity index (χ4n) is 2.92. The summed E-state index contributed by atoms with van der Waals surface area (Å²) < 4.78 is 0. The molecule has 3 atom stereocenters. The molecule has 0 aromatic carbocycles. The molecule has 0 radical (unpaired) electrons. The fraction of sp³-hybridized carbons (Fsp3) is 0.875. The van der Waals surface area contributed by atoms with Crippen molar-refractivity contribution < 1.29 is 14.7 Å². The lowest BCUT2D eigenvalue weighted by Crippen LogP contribution is -2.52. The first-order valence-electron chi connectivity index (χ1n) is 8.21. The number of hydrogen-bond acceptors (Lipinski definition) is 3. The molecule has 1 saturated heterocycles. The van der Waals surface area contributed by atoms with Crippen molar-refractivity contribution in [2.45, 2.75) is 71.4 Å². The largest absolute Gasteiger partial charge is 0.393 e. The van der Waals surface area contributed by atoms with Gasteiger partial charge in [-0.15, -0.1) is 0 Å². The van der Waals surface area contributed by atoms with Gasteiger partial charge in [0.2, 0.25) is 11.8 Å². The number of aliphatic hydroxyl groups excluding tert-OH is 1. The van der Waals surface area contributed by atoms with E-state index in [9.17, 15) is 14.7 Å². The van der Waals surface area contributed by atoms with Crippen molar-refractivity contribution in [3.05, 3.63) is 0 Å². The molecule has 0 bridgehead atoms. The van der Waals surface area contributed by atoms with Crippen molar-refractivity contribution in [3.8, 4) is 0 Å². The third-order valence-electron chi connectivity index (χ3n) is 3.96. The van der Waals surface area contributed by atoms with Gasteiger partial charge < -0.3 is 15.3 Å². The highest BCUT2D eigenvalue weighted by Crippen LogP contribution is 2.19. The Kier molecular flexibility index (Phi) is 7.72. The number of carbonyl (C=O) groups excluding carboxylic acids is 2. The van der Waals surface area contributed by atoms with E-state index in [4.69, 9.17) is 0 Å². The first-order chi connectivity index (χ1) is 9.95. The monoisotopic (exact) mass is 298 g/mol. The Hall–Kier alpha value is -1.10. The highest BCUT2D eigenvalue weighted by atomic mass is 16.3. The second kappa shape index (κ2) is 9.03. The molecule has 1 rings (SSSR count). The average Bonchev–Trinajstić information content (AvgIpc) is 2.44. The van der Waals surface area contributed by atoms with E-state index in [0.29, 0.717) is 25.9 Å². The molecule has 21 heavy (non-hydrogen) atoms. The number of piperidine rings is 1. The van der Waals surface area contributed by atoms with Crippen LogP contribution in [0.3, 0.4) is 0 Å². The molecular weight excluding hydrogens is 268 g/mol. The van der Waals surface area contributed by atoms with Gasteiger partial charge in [0.05, 0.1) is 6.10 Å². The quantitative estimate of drug-likeness (QED) is 0.751. The van der Waals surface area contributed by atoms with Crippen LogP contribution >= 0.6 is 0 Å². The molecule has 2 N–H and O–H groups in total. The zero-order chi connectivity index (χ0) is 15.8. The molecule has 5 nitrogen and oxygen atoms in total. The SMILES string of the molecule is CCCC(=O)N1CCCCC1C(=O)NCC(C)CC(C)O. The normalized spacial score (nSPS) is 21.7. The van der Waals surface area contributed by atoms with Crippen LogP contribution in [0, 0.1) is 5.92 Å². The van der Waals surface area contributed by atoms with Gasteiger partial charge in [0.25, 0.3) is 0 Å². The van der Waals surface area contributed by atoms with Gasteiger partial charge in [0, 0.05) is 19.5 Å². The van der Waals surface area contributed by atoms with Gasteiger partial charge in [-0.2, -0.15) is 0 Å². The summed E-state index contributed by atoms with van der Waals surface area (Å²) in [7, 11) is 0. The van der Waals surface area contributed by atoms with E-state index in [0.717, 1.165) is 25.7 Å². The van der Waals surface area contributed by atoms with E-state index in [2.05, 4.69) is 5.32 Å². The Morgan fingerprint density at radius 2 is 2.05 bits per heavy atom. The maximum absolute atomic E-state index is 12.3.